The van der Waals surface area contributed by atoms with Crippen LogP contribution in [0.4, 0.5) is 0 Å². The summed E-state index contributed by atoms with van der Waals surface area (Å²) in [7, 11) is 2.89. The summed E-state index contributed by atoms with van der Waals surface area (Å²) in [6.45, 7) is 7.89. The largest absolute Gasteiger partial charge is 0.342 e. The van der Waals surface area contributed by atoms with E-state index in [1.807, 2.05) is 46.5 Å². The van der Waals surface area contributed by atoms with Crippen molar-refractivity contribution in [2.45, 2.75) is 57.9 Å². The van der Waals surface area contributed by atoms with Gasteiger partial charge in [0.15, 0.2) is 5.79 Å². The van der Waals surface area contributed by atoms with Crippen molar-refractivity contribution in [3.63, 3.8) is 0 Å². The molecule has 0 N–H and O–H groups in total. The second kappa shape index (κ2) is 4.72. The van der Waals surface area contributed by atoms with E-state index in [9.17, 15) is 0 Å². The molecule has 2 aliphatic heterocycles. The van der Waals surface area contributed by atoms with Crippen LogP contribution in [-0.4, -0.2) is 49.0 Å². The Bertz CT molecular complexity index is 265. The van der Waals surface area contributed by atoms with E-state index in [0.29, 0.717) is 0 Å². The van der Waals surface area contributed by atoms with Crippen molar-refractivity contribution in [2.24, 2.45) is 0 Å². The fourth-order valence-corrected chi connectivity index (χ4v) is 3.40. The van der Waals surface area contributed by atoms with Crippen molar-refractivity contribution in [3.8, 4) is 0 Å². The summed E-state index contributed by atoms with van der Waals surface area (Å²) in [5.41, 5.74) is 0. The summed E-state index contributed by atoms with van der Waals surface area (Å²) in [6.07, 6.45) is -0.180. The highest BCUT2D eigenvalue weighted by Crippen LogP contribution is 2.49. The predicted molar refractivity (Wildman–Crippen MR) is 65.5 cm³/mol. The maximum Gasteiger partial charge on any atom is 0.258 e. The summed E-state index contributed by atoms with van der Waals surface area (Å²) >= 11 is 0. The van der Waals surface area contributed by atoms with Crippen LogP contribution in [-0.2, 0) is 18.5 Å². The fraction of sp³-hybridized carbons (Fsp3) is 1.00. The molecule has 4 unspecified atom stereocenters. The van der Waals surface area contributed by atoms with E-state index in [1.54, 1.807) is 0 Å². The van der Waals surface area contributed by atoms with Gasteiger partial charge in [-0.2, -0.15) is 0 Å². The number of rotatable bonds is 1. The van der Waals surface area contributed by atoms with Gasteiger partial charge in [0.25, 0.3) is 8.53 Å². The molecule has 0 saturated carbocycles. The van der Waals surface area contributed by atoms with Gasteiger partial charge in [-0.05, 0) is 41.8 Å². The zero-order chi connectivity index (χ0) is 12.8. The van der Waals surface area contributed by atoms with E-state index >= 15 is 0 Å². The van der Waals surface area contributed by atoms with E-state index < -0.39 is 14.3 Å². The van der Waals surface area contributed by atoms with E-state index in [4.69, 9.17) is 18.5 Å². The summed E-state index contributed by atoms with van der Waals surface area (Å²) in [5, 5.41) is 0. The van der Waals surface area contributed by atoms with Gasteiger partial charge >= 0.3 is 0 Å². The summed E-state index contributed by atoms with van der Waals surface area (Å²) < 4.78 is 25.6. The molecule has 2 aliphatic rings. The lowest BCUT2D eigenvalue weighted by atomic mass is 10.1. The molecule has 17 heavy (non-hydrogen) atoms. The molecule has 2 fully saturated rings. The van der Waals surface area contributed by atoms with E-state index in [1.165, 1.54) is 0 Å². The summed E-state index contributed by atoms with van der Waals surface area (Å²) in [4.78, 5) is 0. The molecule has 0 aromatic carbocycles. The number of hydrogen-bond acceptors (Lipinski definition) is 5. The van der Waals surface area contributed by atoms with Crippen LogP contribution in [0, 0.1) is 0 Å². The first-order chi connectivity index (χ1) is 7.80. The van der Waals surface area contributed by atoms with Crippen LogP contribution in [0.5, 0.6) is 0 Å². The van der Waals surface area contributed by atoms with Gasteiger partial charge in [0.1, 0.15) is 12.2 Å². The Balaban J connectivity index is 2.15. The molecule has 0 aliphatic carbocycles. The van der Waals surface area contributed by atoms with Crippen molar-refractivity contribution in [1.82, 2.24) is 4.67 Å². The first-order valence-corrected chi connectivity index (χ1v) is 7.10. The van der Waals surface area contributed by atoms with E-state index in [0.717, 1.165) is 0 Å². The maximum atomic E-state index is 5.91. The van der Waals surface area contributed by atoms with Crippen LogP contribution in [0.15, 0.2) is 0 Å². The maximum absolute atomic E-state index is 5.91. The quantitative estimate of drug-likeness (QED) is 0.678. The third-order valence-electron chi connectivity index (χ3n) is 2.93. The van der Waals surface area contributed by atoms with Gasteiger partial charge in [-0.1, -0.05) is 0 Å². The molecule has 6 heteroatoms. The van der Waals surface area contributed by atoms with Gasteiger partial charge < -0.3 is 18.5 Å². The van der Waals surface area contributed by atoms with Crippen LogP contribution >= 0.6 is 8.53 Å². The molecule has 0 amide bonds. The number of nitrogens with zero attached hydrogens (tertiary/aromatic N) is 1. The average Bonchev–Trinajstić information content (AvgIpc) is 2.48. The van der Waals surface area contributed by atoms with Crippen molar-refractivity contribution in [2.75, 3.05) is 14.1 Å². The smallest absolute Gasteiger partial charge is 0.258 e. The minimum absolute atomic E-state index is 0.0276. The third kappa shape index (κ3) is 2.80. The lowest BCUT2D eigenvalue weighted by Gasteiger charge is -2.27. The molecule has 100 valence electrons. The predicted octanol–water partition coefficient (Wildman–Crippen LogP) is 2.12. The zero-order valence-corrected chi connectivity index (χ0v) is 12.2. The first kappa shape index (κ1) is 13.7. The van der Waals surface area contributed by atoms with Gasteiger partial charge in [-0.15, -0.1) is 0 Å². The Labute approximate surface area is 104 Å². The van der Waals surface area contributed by atoms with Crippen LogP contribution in [0.3, 0.4) is 0 Å². The van der Waals surface area contributed by atoms with Gasteiger partial charge in [0.2, 0.25) is 0 Å². The van der Waals surface area contributed by atoms with Crippen molar-refractivity contribution >= 4 is 8.53 Å². The highest BCUT2D eigenvalue weighted by Gasteiger charge is 2.50. The van der Waals surface area contributed by atoms with E-state index in [-0.39, 0.29) is 24.4 Å². The molecular formula is C11H22NO4P. The molecular weight excluding hydrogens is 241 g/mol. The standard InChI is InChI=1S/C11H22NO4P/c1-7-9-10(14-11(3,4)13-9)8(2)16-17(15-7)12(5)6/h7-10H,1-6H3. The molecule has 0 radical (unpaired) electrons. The summed E-state index contributed by atoms with van der Waals surface area (Å²) in [6, 6.07) is 0. The Hall–Kier alpha value is 0.230. The molecule has 2 heterocycles. The third-order valence-corrected chi connectivity index (χ3v) is 4.61. The number of hydrogen-bond donors (Lipinski definition) is 0. The zero-order valence-electron chi connectivity index (χ0n) is 11.3. The number of ether oxygens (including phenoxy) is 2. The lowest BCUT2D eigenvalue weighted by Crippen LogP contribution is -2.38. The van der Waals surface area contributed by atoms with Gasteiger partial charge in [0, 0.05) is 0 Å². The van der Waals surface area contributed by atoms with Crippen molar-refractivity contribution in [1.29, 1.82) is 0 Å². The lowest BCUT2D eigenvalue weighted by molar-refractivity contribution is -0.160. The van der Waals surface area contributed by atoms with Crippen molar-refractivity contribution in [3.05, 3.63) is 0 Å². The monoisotopic (exact) mass is 263 g/mol. The summed E-state index contributed by atoms with van der Waals surface area (Å²) in [5.74, 6) is -0.553. The van der Waals surface area contributed by atoms with Gasteiger partial charge in [0.05, 0.1) is 12.2 Å². The Kier molecular flexibility index (Phi) is 3.79. The Morgan fingerprint density at radius 2 is 1.35 bits per heavy atom. The molecule has 2 rings (SSSR count). The highest BCUT2D eigenvalue weighted by molar-refractivity contribution is 7.44. The molecule has 4 atom stereocenters. The Morgan fingerprint density at radius 3 is 1.71 bits per heavy atom. The first-order valence-electron chi connectivity index (χ1n) is 5.97. The molecule has 0 bridgehead atoms. The van der Waals surface area contributed by atoms with Crippen LogP contribution in [0.25, 0.3) is 0 Å². The van der Waals surface area contributed by atoms with Crippen LogP contribution in [0.2, 0.25) is 0 Å². The molecule has 0 spiro atoms. The second-order valence-electron chi connectivity index (χ2n) is 5.27. The average molecular weight is 263 g/mol. The minimum atomic E-state index is -1.02. The number of fused-ring (bicyclic) bond motifs is 1. The molecule has 2 saturated heterocycles. The highest BCUT2D eigenvalue weighted by atomic mass is 31.2. The van der Waals surface area contributed by atoms with Gasteiger partial charge in [-0.3, -0.25) is 0 Å². The topological polar surface area (TPSA) is 40.2 Å². The minimum Gasteiger partial charge on any atom is -0.342 e. The molecule has 0 aromatic rings. The van der Waals surface area contributed by atoms with Crippen LogP contribution in [0.1, 0.15) is 27.7 Å². The second-order valence-corrected chi connectivity index (χ2v) is 6.97. The SMILES string of the molecule is CC1OP(N(C)C)OC(C)C2OC(C)(C)OC12. The molecule has 0 aromatic heterocycles. The fourth-order valence-electron chi connectivity index (χ4n) is 2.16. The van der Waals surface area contributed by atoms with E-state index in [2.05, 4.69) is 0 Å². The normalized spacial score (nSPS) is 45.7. The molecule has 5 nitrogen and oxygen atoms in total. The van der Waals surface area contributed by atoms with Crippen molar-refractivity contribution < 1.29 is 18.5 Å². The Morgan fingerprint density at radius 1 is 0.941 bits per heavy atom. The van der Waals surface area contributed by atoms with Gasteiger partial charge in [-0.25, -0.2) is 4.67 Å². The van der Waals surface area contributed by atoms with Crippen LogP contribution < -0.4 is 0 Å².